The molecule has 1 nitrogen and oxygen atoms in total. The molecule has 1 heterocycles. The van der Waals surface area contributed by atoms with Gasteiger partial charge in [0.2, 0.25) is 0 Å². The van der Waals surface area contributed by atoms with Crippen molar-refractivity contribution in [2.45, 2.75) is 37.5 Å². The molecule has 1 spiro atoms. The van der Waals surface area contributed by atoms with E-state index < -0.39 is 0 Å². The van der Waals surface area contributed by atoms with Gasteiger partial charge in [0.1, 0.15) is 11.5 Å². The van der Waals surface area contributed by atoms with Gasteiger partial charge < -0.3 is 4.74 Å². The average Bonchev–Trinajstić information content (AvgIpc) is 3.30. The molecule has 9 rings (SSSR count). The van der Waals surface area contributed by atoms with Gasteiger partial charge >= 0.3 is 0 Å². The Kier molecular flexibility index (Phi) is 4.90. The molecular weight excluding hydrogens is 496 g/mol. The van der Waals surface area contributed by atoms with Gasteiger partial charge in [-0.05, 0) is 92.6 Å². The van der Waals surface area contributed by atoms with Crippen molar-refractivity contribution in [1.82, 2.24) is 0 Å². The maximum absolute atomic E-state index is 6.36. The van der Waals surface area contributed by atoms with Crippen molar-refractivity contribution in [1.29, 1.82) is 0 Å². The first-order chi connectivity index (χ1) is 20.3. The number of hydrogen-bond acceptors (Lipinski definition) is 1. The lowest BCUT2D eigenvalue weighted by molar-refractivity contribution is 0.353. The van der Waals surface area contributed by atoms with Crippen molar-refractivity contribution in [2.24, 2.45) is 0 Å². The lowest BCUT2D eigenvalue weighted by atomic mass is 9.67. The molecule has 6 aromatic rings. The van der Waals surface area contributed by atoms with Gasteiger partial charge in [0, 0.05) is 16.4 Å². The van der Waals surface area contributed by atoms with Gasteiger partial charge in [-0.25, -0.2) is 0 Å². The quantitative estimate of drug-likeness (QED) is 0.218. The number of para-hydroxylation sites is 1. The van der Waals surface area contributed by atoms with Gasteiger partial charge in [-0.15, -0.1) is 0 Å². The van der Waals surface area contributed by atoms with Crippen LogP contribution in [0.15, 0.2) is 121 Å². The summed E-state index contributed by atoms with van der Waals surface area (Å²) in [6.45, 7) is 0. The molecule has 0 aromatic heterocycles. The van der Waals surface area contributed by atoms with Crippen molar-refractivity contribution in [2.75, 3.05) is 0 Å². The maximum atomic E-state index is 6.36. The smallest absolute Gasteiger partial charge is 0.135 e. The predicted molar refractivity (Wildman–Crippen MR) is 170 cm³/mol. The van der Waals surface area contributed by atoms with Crippen molar-refractivity contribution in [3.63, 3.8) is 0 Å². The molecule has 0 saturated heterocycles. The van der Waals surface area contributed by atoms with E-state index in [0.717, 1.165) is 17.1 Å². The van der Waals surface area contributed by atoms with E-state index in [1.54, 1.807) is 11.1 Å². The van der Waals surface area contributed by atoms with Crippen LogP contribution in [-0.4, -0.2) is 0 Å². The fraction of sp³-hybridized carbons (Fsp3) is 0.150. The molecule has 0 radical (unpaired) electrons. The van der Waals surface area contributed by atoms with Crippen LogP contribution in [0.1, 0.15) is 43.2 Å². The molecule has 2 aliphatic carbocycles. The Morgan fingerprint density at radius 2 is 1.15 bits per heavy atom. The Morgan fingerprint density at radius 1 is 0.439 bits per heavy atom. The number of rotatable bonds is 2. The van der Waals surface area contributed by atoms with Gasteiger partial charge in [-0.1, -0.05) is 116 Å². The average molecular weight is 527 g/mol. The summed E-state index contributed by atoms with van der Waals surface area (Å²) in [5, 5.41) is 2.43. The third kappa shape index (κ3) is 3.29. The standard InChI is InChI=1S/C40H30O/c1-6-22-40(23-7-1)35-16-4-2-12-30(35)31-19-18-27(25-36(31)40)26-10-8-11-28(24-26)29-20-21-38-39-33(29)14-9-15-34(39)32-13-3-5-17-37(32)41-38/h2-5,8-21,24-25H,1,6-7,22-23H2. The van der Waals surface area contributed by atoms with Crippen molar-refractivity contribution in [3.8, 4) is 56.0 Å². The van der Waals surface area contributed by atoms with Crippen LogP contribution in [0.3, 0.4) is 0 Å². The molecule has 1 saturated carbocycles. The van der Waals surface area contributed by atoms with Crippen molar-refractivity contribution >= 4 is 10.8 Å². The Bertz CT molecular complexity index is 2010. The molecule has 196 valence electrons. The molecule has 3 aliphatic rings. The molecular formula is C40H30O. The van der Waals surface area contributed by atoms with Crippen LogP contribution in [0.4, 0.5) is 0 Å². The Labute approximate surface area is 241 Å². The molecule has 41 heavy (non-hydrogen) atoms. The van der Waals surface area contributed by atoms with Crippen LogP contribution in [0, 0.1) is 0 Å². The van der Waals surface area contributed by atoms with Gasteiger partial charge in [-0.3, -0.25) is 0 Å². The van der Waals surface area contributed by atoms with Crippen LogP contribution >= 0.6 is 0 Å². The van der Waals surface area contributed by atoms with E-state index in [2.05, 4.69) is 115 Å². The Hall–Kier alpha value is -4.62. The summed E-state index contributed by atoms with van der Waals surface area (Å²) in [7, 11) is 0. The SMILES string of the molecule is c1cc(-c2ccc3c(c2)C2(CCCCC2)c2ccccc2-3)cc(-c2ccc3c4c(cccc24)-c2ccccc2O3)c1. The lowest BCUT2D eigenvalue weighted by Gasteiger charge is -2.36. The Balaban J connectivity index is 1.18. The fourth-order valence-electron chi connectivity index (χ4n) is 8.03. The first kappa shape index (κ1) is 23.1. The molecule has 0 unspecified atom stereocenters. The highest BCUT2D eigenvalue weighted by molar-refractivity contribution is 6.10. The van der Waals surface area contributed by atoms with Crippen LogP contribution in [-0.2, 0) is 5.41 Å². The largest absolute Gasteiger partial charge is 0.456 e. The lowest BCUT2D eigenvalue weighted by Crippen LogP contribution is -2.28. The molecule has 1 heteroatoms. The third-order valence-corrected chi connectivity index (χ3v) is 9.88. The number of ether oxygens (including phenoxy) is 1. The number of benzene rings is 6. The number of fused-ring (bicyclic) bond motifs is 7. The highest BCUT2D eigenvalue weighted by Gasteiger charge is 2.43. The summed E-state index contributed by atoms with van der Waals surface area (Å²) in [6, 6.07) is 44.8. The summed E-state index contributed by atoms with van der Waals surface area (Å²) < 4.78 is 6.36. The summed E-state index contributed by atoms with van der Waals surface area (Å²) in [6.07, 6.45) is 6.49. The second-order valence-corrected chi connectivity index (χ2v) is 12.0. The van der Waals surface area contributed by atoms with Crippen LogP contribution in [0.25, 0.3) is 55.3 Å². The second kappa shape index (κ2) is 8.69. The first-order valence-corrected chi connectivity index (χ1v) is 15.0. The van der Waals surface area contributed by atoms with Crippen molar-refractivity contribution < 1.29 is 4.74 Å². The summed E-state index contributed by atoms with van der Waals surface area (Å²) in [4.78, 5) is 0. The molecule has 0 N–H and O–H groups in total. The zero-order chi connectivity index (χ0) is 27.0. The highest BCUT2D eigenvalue weighted by Crippen LogP contribution is 2.56. The van der Waals surface area contributed by atoms with E-state index in [0.29, 0.717) is 0 Å². The third-order valence-electron chi connectivity index (χ3n) is 9.88. The second-order valence-electron chi connectivity index (χ2n) is 12.0. The van der Waals surface area contributed by atoms with Gasteiger partial charge in [0.05, 0.1) is 0 Å². The van der Waals surface area contributed by atoms with E-state index in [-0.39, 0.29) is 5.41 Å². The normalized spacial score (nSPS) is 15.7. The maximum Gasteiger partial charge on any atom is 0.135 e. The fourth-order valence-corrected chi connectivity index (χ4v) is 8.03. The van der Waals surface area contributed by atoms with E-state index in [1.165, 1.54) is 81.8 Å². The minimum atomic E-state index is 0.171. The predicted octanol–water partition coefficient (Wildman–Crippen LogP) is 11.2. The van der Waals surface area contributed by atoms with E-state index in [9.17, 15) is 0 Å². The molecule has 0 bridgehead atoms. The topological polar surface area (TPSA) is 9.23 Å². The van der Waals surface area contributed by atoms with Crippen molar-refractivity contribution in [3.05, 3.63) is 132 Å². The zero-order valence-electron chi connectivity index (χ0n) is 23.0. The number of hydrogen-bond donors (Lipinski definition) is 0. The molecule has 0 atom stereocenters. The van der Waals surface area contributed by atoms with E-state index >= 15 is 0 Å². The first-order valence-electron chi connectivity index (χ1n) is 15.0. The Morgan fingerprint density at radius 3 is 2.07 bits per heavy atom. The molecule has 0 amide bonds. The summed E-state index contributed by atoms with van der Waals surface area (Å²) in [5.41, 5.74) is 13.6. The zero-order valence-corrected chi connectivity index (χ0v) is 23.0. The van der Waals surface area contributed by atoms with Gasteiger partial charge in [0.15, 0.2) is 0 Å². The highest BCUT2D eigenvalue weighted by atomic mass is 16.5. The summed E-state index contributed by atoms with van der Waals surface area (Å²) >= 11 is 0. The monoisotopic (exact) mass is 526 g/mol. The van der Waals surface area contributed by atoms with E-state index in [4.69, 9.17) is 4.74 Å². The van der Waals surface area contributed by atoms with Gasteiger partial charge in [0.25, 0.3) is 0 Å². The minimum absolute atomic E-state index is 0.171. The van der Waals surface area contributed by atoms with Crippen LogP contribution in [0.5, 0.6) is 11.5 Å². The van der Waals surface area contributed by atoms with E-state index in [1.807, 2.05) is 6.07 Å². The van der Waals surface area contributed by atoms with Gasteiger partial charge in [-0.2, -0.15) is 0 Å². The minimum Gasteiger partial charge on any atom is -0.456 e. The molecule has 1 fully saturated rings. The van der Waals surface area contributed by atoms with Crippen LogP contribution in [0.2, 0.25) is 0 Å². The molecule has 6 aromatic carbocycles. The van der Waals surface area contributed by atoms with Crippen LogP contribution < -0.4 is 4.74 Å². The summed E-state index contributed by atoms with van der Waals surface area (Å²) in [5.74, 6) is 1.86. The molecule has 1 aliphatic heterocycles.